The average molecular weight is 166 g/mol. The van der Waals surface area contributed by atoms with E-state index in [2.05, 4.69) is 0 Å². The Morgan fingerprint density at radius 3 is 3.25 bits per heavy atom. The van der Waals surface area contributed by atoms with E-state index in [1.54, 1.807) is 0 Å². The van der Waals surface area contributed by atoms with Crippen LogP contribution in [-0.4, -0.2) is 0 Å². The zero-order chi connectivity index (χ0) is 10.3. The Bertz CT molecular complexity index is 476. The first kappa shape index (κ1) is 5.36. The normalized spacial score (nSPS) is 15.8. The van der Waals surface area contributed by atoms with Crippen molar-refractivity contribution in [2.75, 3.05) is 0 Å². The standard InChI is InChI=1S/C10H9FO/c1-7(11)10-6-8-4-2-3-5-9(8)12-10/h2-7H,1H3/i3D,4D. The van der Waals surface area contributed by atoms with Crippen molar-refractivity contribution in [2.45, 2.75) is 13.1 Å². The van der Waals surface area contributed by atoms with Gasteiger partial charge in [0, 0.05) is 5.39 Å². The third-order valence-electron chi connectivity index (χ3n) is 1.70. The predicted molar refractivity (Wildman–Crippen MR) is 45.7 cm³/mol. The first-order valence-electron chi connectivity index (χ1n) is 4.72. The Hall–Kier alpha value is -1.31. The lowest BCUT2D eigenvalue weighted by molar-refractivity contribution is 0.317. The Balaban J connectivity index is 2.70. The molecule has 1 heterocycles. The van der Waals surface area contributed by atoms with E-state index in [4.69, 9.17) is 7.16 Å². The van der Waals surface area contributed by atoms with Gasteiger partial charge in [0.2, 0.25) is 0 Å². The molecule has 1 nitrogen and oxygen atoms in total. The molecule has 0 saturated carbocycles. The molecule has 1 atom stereocenters. The van der Waals surface area contributed by atoms with Gasteiger partial charge < -0.3 is 4.42 Å². The fraction of sp³-hybridized carbons (Fsp3) is 0.200. The monoisotopic (exact) mass is 166 g/mol. The van der Waals surface area contributed by atoms with Gasteiger partial charge in [-0.1, -0.05) is 18.2 Å². The molecule has 0 amide bonds. The summed E-state index contributed by atoms with van der Waals surface area (Å²) < 4.78 is 33.0. The van der Waals surface area contributed by atoms with Crippen molar-refractivity contribution < 1.29 is 11.5 Å². The summed E-state index contributed by atoms with van der Waals surface area (Å²) in [6.07, 6.45) is -1.18. The summed E-state index contributed by atoms with van der Waals surface area (Å²) in [5, 5.41) is 0.556. The SMILES string of the molecule is [2H]c1cc([2H])c2cc(C(C)F)oc2c1. The molecule has 62 valence electrons. The highest BCUT2D eigenvalue weighted by atomic mass is 19.1. The maximum absolute atomic E-state index is 12.9. The molecule has 0 aliphatic rings. The summed E-state index contributed by atoms with van der Waals surface area (Å²) in [4.78, 5) is 0. The lowest BCUT2D eigenvalue weighted by atomic mass is 10.2. The van der Waals surface area contributed by atoms with Crippen molar-refractivity contribution in [3.05, 3.63) is 36.0 Å². The molecule has 1 aromatic heterocycles. The summed E-state index contributed by atoms with van der Waals surface area (Å²) in [6.45, 7) is 1.38. The van der Waals surface area contributed by atoms with Crippen molar-refractivity contribution in [3.8, 4) is 0 Å². The molecule has 0 fully saturated rings. The van der Waals surface area contributed by atoms with Gasteiger partial charge in [-0.3, -0.25) is 0 Å². The zero-order valence-corrected chi connectivity index (χ0v) is 6.60. The molecule has 2 rings (SSSR count). The molecular formula is C10H9FO. The predicted octanol–water partition coefficient (Wildman–Crippen LogP) is 3.46. The van der Waals surface area contributed by atoms with E-state index in [0.29, 0.717) is 11.0 Å². The van der Waals surface area contributed by atoms with E-state index in [1.807, 2.05) is 0 Å². The van der Waals surface area contributed by atoms with Gasteiger partial charge in [0.05, 0.1) is 2.74 Å². The molecular weight excluding hydrogens is 155 g/mol. The van der Waals surface area contributed by atoms with Crippen LogP contribution >= 0.6 is 0 Å². The summed E-state index contributed by atoms with van der Waals surface area (Å²) in [6, 6.07) is 4.81. The van der Waals surface area contributed by atoms with Crippen LogP contribution in [0.2, 0.25) is 0 Å². The van der Waals surface area contributed by atoms with Crippen LogP contribution in [0.5, 0.6) is 0 Å². The first-order chi connectivity index (χ1) is 6.58. The third kappa shape index (κ3) is 1.09. The Labute approximate surface area is 72.6 Å². The number of para-hydroxylation sites is 1. The maximum Gasteiger partial charge on any atom is 0.155 e. The van der Waals surface area contributed by atoms with Gasteiger partial charge in [0.15, 0.2) is 6.17 Å². The van der Waals surface area contributed by atoms with Crippen LogP contribution in [0.25, 0.3) is 11.0 Å². The highest BCUT2D eigenvalue weighted by molar-refractivity contribution is 5.77. The Morgan fingerprint density at radius 2 is 2.50 bits per heavy atom. The van der Waals surface area contributed by atoms with Crippen LogP contribution in [0.3, 0.4) is 0 Å². The van der Waals surface area contributed by atoms with Crippen molar-refractivity contribution >= 4 is 11.0 Å². The summed E-state index contributed by atoms with van der Waals surface area (Å²) in [5.74, 6) is 0.208. The number of hydrogen-bond donors (Lipinski definition) is 0. The molecule has 0 aliphatic heterocycles. The van der Waals surface area contributed by atoms with Gasteiger partial charge in [0.1, 0.15) is 11.3 Å². The minimum Gasteiger partial charge on any atom is -0.458 e. The smallest absolute Gasteiger partial charge is 0.155 e. The lowest BCUT2D eigenvalue weighted by Gasteiger charge is -1.91. The third-order valence-corrected chi connectivity index (χ3v) is 1.70. The second kappa shape index (κ2) is 2.63. The number of hydrogen-bond acceptors (Lipinski definition) is 1. The highest BCUT2D eigenvalue weighted by Gasteiger charge is 2.08. The number of halogens is 1. The topological polar surface area (TPSA) is 13.1 Å². The Morgan fingerprint density at radius 1 is 1.67 bits per heavy atom. The number of furan rings is 1. The van der Waals surface area contributed by atoms with E-state index >= 15 is 0 Å². The number of rotatable bonds is 1. The summed E-state index contributed by atoms with van der Waals surface area (Å²) in [5.41, 5.74) is 0.405. The molecule has 1 aromatic carbocycles. The highest BCUT2D eigenvalue weighted by Crippen LogP contribution is 2.25. The van der Waals surface area contributed by atoms with Gasteiger partial charge in [-0.2, -0.15) is 0 Å². The molecule has 0 aliphatic carbocycles. The quantitative estimate of drug-likeness (QED) is 0.632. The Kier molecular flexibility index (Phi) is 1.17. The largest absolute Gasteiger partial charge is 0.458 e. The zero-order valence-electron chi connectivity index (χ0n) is 8.60. The van der Waals surface area contributed by atoms with E-state index in [-0.39, 0.29) is 17.8 Å². The molecule has 0 N–H and O–H groups in total. The number of fused-ring (bicyclic) bond motifs is 1. The van der Waals surface area contributed by atoms with Gasteiger partial charge >= 0.3 is 0 Å². The van der Waals surface area contributed by atoms with Crippen LogP contribution in [0.1, 0.15) is 21.6 Å². The van der Waals surface area contributed by atoms with Crippen molar-refractivity contribution in [1.29, 1.82) is 0 Å². The van der Waals surface area contributed by atoms with Crippen LogP contribution in [0.15, 0.2) is 34.7 Å². The van der Waals surface area contributed by atoms with Gasteiger partial charge in [-0.05, 0) is 19.1 Å². The van der Waals surface area contributed by atoms with Crippen molar-refractivity contribution in [3.63, 3.8) is 0 Å². The first-order valence-corrected chi connectivity index (χ1v) is 3.72. The van der Waals surface area contributed by atoms with Crippen molar-refractivity contribution in [2.24, 2.45) is 0 Å². The molecule has 2 aromatic rings. The fourth-order valence-corrected chi connectivity index (χ4v) is 1.08. The van der Waals surface area contributed by atoms with Crippen LogP contribution in [0, 0.1) is 0 Å². The molecule has 12 heavy (non-hydrogen) atoms. The second-order valence-electron chi connectivity index (χ2n) is 2.64. The van der Waals surface area contributed by atoms with Gasteiger partial charge in [0.25, 0.3) is 0 Å². The molecule has 2 heteroatoms. The molecule has 0 saturated heterocycles. The summed E-state index contributed by atoms with van der Waals surface area (Å²) >= 11 is 0. The number of benzene rings is 1. The van der Waals surface area contributed by atoms with Gasteiger partial charge in [-0.15, -0.1) is 0 Å². The summed E-state index contributed by atoms with van der Waals surface area (Å²) in [7, 11) is 0. The average Bonchev–Trinajstić information content (AvgIpc) is 2.47. The van der Waals surface area contributed by atoms with E-state index in [1.165, 1.54) is 25.1 Å². The van der Waals surface area contributed by atoms with E-state index in [0.717, 1.165) is 0 Å². The molecule has 0 radical (unpaired) electrons. The molecule has 0 spiro atoms. The molecule has 0 bridgehead atoms. The van der Waals surface area contributed by atoms with Crippen LogP contribution in [0.4, 0.5) is 4.39 Å². The number of alkyl halides is 1. The minimum atomic E-state index is -1.18. The molecule has 1 unspecified atom stereocenters. The van der Waals surface area contributed by atoms with E-state index in [9.17, 15) is 4.39 Å². The van der Waals surface area contributed by atoms with Crippen LogP contribution in [-0.2, 0) is 0 Å². The fourth-order valence-electron chi connectivity index (χ4n) is 1.08. The van der Waals surface area contributed by atoms with E-state index < -0.39 is 6.17 Å². The lowest BCUT2D eigenvalue weighted by Crippen LogP contribution is -1.77. The van der Waals surface area contributed by atoms with Crippen molar-refractivity contribution in [1.82, 2.24) is 0 Å². The van der Waals surface area contributed by atoms with Crippen LogP contribution < -0.4 is 0 Å². The minimum absolute atomic E-state index is 0.197. The second-order valence-corrected chi connectivity index (χ2v) is 2.64. The maximum atomic E-state index is 12.9. The van der Waals surface area contributed by atoms with Gasteiger partial charge in [-0.25, -0.2) is 4.39 Å².